The molecule has 156 valence electrons. The van der Waals surface area contributed by atoms with Crippen molar-refractivity contribution in [3.8, 4) is 0 Å². The minimum atomic E-state index is -0.611. The molecule has 0 aliphatic heterocycles. The highest BCUT2D eigenvalue weighted by molar-refractivity contribution is 7.99. The molecule has 0 N–H and O–H groups in total. The van der Waals surface area contributed by atoms with Gasteiger partial charge in [0.25, 0.3) is 0 Å². The van der Waals surface area contributed by atoms with Crippen molar-refractivity contribution >= 4 is 57.1 Å². The molecule has 0 amide bonds. The minimum absolute atomic E-state index is 0.368. The zero-order valence-electron chi connectivity index (χ0n) is 17.6. The number of fused-ring (bicyclic) bond motifs is 2. The van der Waals surface area contributed by atoms with Gasteiger partial charge in [0.2, 0.25) is 0 Å². The maximum atomic E-state index is 12.1. The summed E-state index contributed by atoms with van der Waals surface area (Å²) in [7, 11) is 0. The van der Waals surface area contributed by atoms with Crippen molar-refractivity contribution in [2.24, 2.45) is 10.6 Å². The van der Waals surface area contributed by atoms with Crippen LogP contribution in [0.3, 0.4) is 0 Å². The van der Waals surface area contributed by atoms with Gasteiger partial charge in [-0.15, -0.1) is 0 Å². The Bertz CT molecular complexity index is 1230. The Morgan fingerprint density at radius 1 is 0.871 bits per heavy atom. The molecule has 3 nitrogen and oxygen atoms in total. The molecule has 0 heterocycles. The van der Waals surface area contributed by atoms with Gasteiger partial charge in [-0.3, -0.25) is 0 Å². The summed E-state index contributed by atoms with van der Waals surface area (Å²) in [6.45, 7) is 5.41. The van der Waals surface area contributed by atoms with E-state index >= 15 is 0 Å². The second-order valence-corrected chi connectivity index (χ2v) is 9.77. The Balaban J connectivity index is 1.86. The van der Waals surface area contributed by atoms with Crippen molar-refractivity contribution in [1.29, 1.82) is 0 Å². The summed E-state index contributed by atoms with van der Waals surface area (Å²) in [5.41, 5.74) is 0.314. The van der Waals surface area contributed by atoms with Crippen LogP contribution in [0.15, 0.2) is 87.7 Å². The number of carbonyl (C=O) groups is 1. The zero-order valence-corrected chi connectivity index (χ0v) is 19.1. The van der Waals surface area contributed by atoms with Gasteiger partial charge < -0.3 is 4.84 Å². The molecule has 5 heteroatoms. The predicted octanol–water partition coefficient (Wildman–Crippen LogP) is 7.72. The Morgan fingerprint density at radius 2 is 1.39 bits per heavy atom. The van der Waals surface area contributed by atoms with Crippen molar-refractivity contribution in [2.45, 2.75) is 30.6 Å². The highest BCUT2D eigenvalue weighted by Crippen LogP contribution is 2.41. The molecule has 31 heavy (non-hydrogen) atoms. The van der Waals surface area contributed by atoms with Gasteiger partial charge in [-0.25, -0.2) is 4.79 Å². The van der Waals surface area contributed by atoms with Gasteiger partial charge in [0.1, 0.15) is 0 Å². The summed E-state index contributed by atoms with van der Waals surface area (Å²) >= 11 is 7.77. The normalized spacial score (nSPS) is 12.0. The van der Waals surface area contributed by atoms with Gasteiger partial charge in [0.05, 0.1) is 11.6 Å². The Hall–Kier alpha value is -2.82. The zero-order chi connectivity index (χ0) is 22.0. The Morgan fingerprint density at radius 3 is 1.90 bits per heavy atom. The van der Waals surface area contributed by atoms with Crippen molar-refractivity contribution in [3.05, 3.63) is 83.4 Å². The number of nitrogens with zero attached hydrogens (tertiary/aromatic N) is 1. The Kier molecular flexibility index (Phi) is 6.03. The number of oxime groups is 1. The largest absolute Gasteiger partial charge is 0.340 e. The van der Waals surface area contributed by atoms with Gasteiger partial charge in [-0.1, -0.05) is 77.0 Å². The molecule has 0 spiro atoms. The van der Waals surface area contributed by atoms with Crippen LogP contribution in [0, 0.1) is 5.41 Å². The van der Waals surface area contributed by atoms with Crippen molar-refractivity contribution in [2.75, 3.05) is 0 Å². The monoisotopic (exact) mass is 447 g/mol. The molecule has 0 radical (unpaired) electrons. The van der Waals surface area contributed by atoms with Crippen LogP contribution in [0.4, 0.5) is 0 Å². The molecule has 0 aromatic heterocycles. The SMILES string of the molecule is CC(C)(C)C(=O)ON=Cc1c2ccccc2c(Sc2ccc(Cl)cc2)c2ccccc12. The first-order valence-corrected chi connectivity index (χ1v) is 11.2. The molecular formula is C26H22ClNO2S. The fraction of sp³-hybridized carbons (Fsp3) is 0.154. The standard InChI is InChI=1S/C26H22ClNO2S/c1-26(2,3)25(29)30-28-16-23-19-8-4-6-10-21(19)24(22-11-7-5-9-20(22)23)31-18-14-12-17(27)13-15-18/h4-16H,1-3H3. The summed E-state index contributed by atoms with van der Waals surface area (Å²) in [5, 5.41) is 9.08. The lowest BCUT2D eigenvalue weighted by Gasteiger charge is -2.15. The first kappa shape index (κ1) is 21.4. The first-order valence-electron chi connectivity index (χ1n) is 9.96. The summed E-state index contributed by atoms with van der Waals surface area (Å²) in [6, 6.07) is 24.3. The van der Waals surface area contributed by atoms with Crippen LogP contribution in [0.25, 0.3) is 21.5 Å². The second kappa shape index (κ2) is 8.74. The molecule has 0 bridgehead atoms. The van der Waals surface area contributed by atoms with Gasteiger partial charge >= 0.3 is 5.97 Å². The van der Waals surface area contributed by atoms with Crippen LogP contribution in [0.5, 0.6) is 0 Å². The molecule has 4 rings (SSSR count). The number of halogens is 1. The van der Waals surface area contributed by atoms with Gasteiger partial charge in [0.15, 0.2) is 0 Å². The molecule has 0 saturated carbocycles. The van der Waals surface area contributed by atoms with E-state index in [2.05, 4.69) is 29.4 Å². The van der Waals surface area contributed by atoms with Crippen LogP contribution in [-0.4, -0.2) is 12.2 Å². The van der Waals surface area contributed by atoms with Gasteiger partial charge in [0, 0.05) is 20.4 Å². The molecule has 0 aliphatic rings. The molecule has 0 unspecified atom stereocenters. The van der Waals surface area contributed by atoms with E-state index in [1.54, 1.807) is 38.7 Å². The van der Waals surface area contributed by atoms with Crippen LogP contribution in [-0.2, 0) is 9.63 Å². The fourth-order valence-corrected chi connectivity index (χ4v) is 4.47. The van der Waals surface area contributed by atoms with Crippen LogP contribution >= 0.6 is 23.4 Å². The third-order valence-electron chi connectivity index (χ3n) is 4.89. The molecule has 0 saturated heterocycles. The smallest absolute Gasteiger partial charge is 0.318 e. The summed E-state index contributed by atoms with van der Waals surface area (Å²) in [4.78, 5) is 19.5. The maximum absolute atomic E-state index is 12.1. The number of rotatable bonds is 4. The van der Waals surface area contributed by atoms with E-state index in [0.717, 1.165) is 41.9 Å². The van der Waals surface area contributed by atoms with Crippen molar-refractivity contribution in [1.82, 2.24) is 0 Å². The fourth-order valence-electron chi connectivity index (χ4n) is 3.26. The van der Waals surface area contributed by atoms with Crippen molar-refractivity contribution < 1.29 is 9.63 Å². The lowest BCUT2D eigenvalue weighted by atomic mass is 9.97. The molecular weight excluding hydrogens is 426 g/mol. The third kappa shape index (κ3) is 4.60. The molecule has 0 aliphatic carbocycles. The molecule has 0 fully saturated rings. The molecule has 4 aromatic carbocycles. The van der Waals surface area contributed by atoms with E-state index < -0.39 is 5.41 Å². The van der Waals surface area contributed by atoms with E-state index in [9.17, 15) is 4.79 Å². The minimum Gasteiger partial charge on any atom is -0.318 e. The lowest BCUT2D eigenvalue weighted by Crippen LogP contribution is -2.21. The van der Waals surface area contributed by atoms with Crippen LogP contribution in [0.1, 0.15) is 26.3 Å². The predicted molar refractivity (Wildman–Crippen MR) is 130 cm³/mol. The molecule has 4 aromatic rings. The third-order valence-corrected chi connectivity index (χ3v) is 6.29. The number of hydrogen-bond acceptors (Lipinski definition) is 4. The average molecular weight is 448 g/mol. The van der Waals surface area contributed by atoms with Gasteiger partial charge in [-0.2, -0.15) is 0 Å². The van der Waals surface area contributed by atoms with E-state index in [4.69, 9.17) is 16.4 Å². The number of benzene rings is 4. The van der Waals surface area contributed by atoms with E-state index in [0.29, 0.717) is 0 Å². The maximum Gasteiger partial charge on any atom is 0.340 e. The van der Waals surface area contributed by atoms with Crippen molar-refractivity contribution in [3.63, 3.8) is 0 Å². The van der Waals surface area contributed by atoms with Crippen LogP contribution < -0.4 is 0 Å². The summed E-state index contributed by atoms with van der Waals surface area (Å²) < 4.78 is 0. The topological polar surface area (TPSA) is 38.7 Å². The highest BCUT2D eigenvalue weighted by atomic mass is 35.5. The number of hydrogen-bond donors (Lipinski definition) is 0. The van der Waals surface area contributed by atoms with Gasteiger partial charge in [-0.05, 0) is 66.6 Å². The lowest BCUT2D eigenvalue weighted by molar-refractivity contribution is -0.152. The Labute approximate surface area is 191 Å². The van der Waals surface area contributed by atoms with E-state index in [-0.39, 0.29) is 5.97 Å². The van der Waals surface area contributed by atoms with E-state index in [1.807, 2.05) is 48.5 Å². The number of carbonyl (C=O) groups excluding carboxylic acids is 1. The van der Waals surface area contributed by atoms with E-state index in [1.165, 1.54) is 0 Å². The quantitative estimate of drug-likeness (QED) is 0.139. The second-order valence-electron chi connectivity index (χ2n) is 8.25. The summed E-state index contributed by atoms with van der Waals surface area (Å²) in [6.07, 6.45) is 1.64. The molecule has 0 atom stereocenters. The average Bonchev–Trinajstić information content (AvgIpc) is 2.76. The summed E-state index contributed by atoms with van der Waals surface area (Å²) in [5.74, 6) is -0.368. The highest BCUT2D eigenvalue weighted by Gasteiger charge is 2.23. The first-order chi connectivity index (χ1) is 14.8. The van der Waals surface area contributed by atoms with Crippen LogP contribution in [0.2, 0.25) is 5.02 Å².